The van der Waals surface area contributed by atoms with Crippen molar-refractivity contribution in [2.45, 2.75) is 97.8 Å². The Labute approximate surface area is 131 Å². The summed E-state index contributed by atoms with van der Waals surface area (Å²) in [6.45, 7) is 12.9. The molecule has 4 heteroatoms. The lowest BCUT2D eigenvalue weighted by molar-refractivity contribution is 0.0520. The summed E-state index contributed by atoms with van der Waals surface area (Å²) < 4.78 is 5.28. The van der Waals surface area contributed by atoms with Crippen molar-refractivity contribution in [1.82, 2.24) is 10.6 Å². The van der Waals surface area contributed by atoms with Crippen LogP contribution >= 0.6 is 0 Å². The van der Waals surface area contributed by atoms with Crippen molar-refractivity contribution in [1.29, 1.82) is 0 Å². The van der Waals surface area contributed by atoms with Crippen molar-refractivity contribution >= 4 is 6.09 Å². The second-order valence-corrected chi connectivity index (χ2v) is 6.78. The molecule has 0 aliphatic rings. The molecule has 2 unspecified atom stereocenters. The third-order valence-electron chi connectivity index (χ3n) is 3.40. The van der Waals surface area contributed by atoms with Crippen LogP contribution < -0.4 is 10.6 Å². The zero-order chi connectivity index (χ0) is 16.3. The fraction of sp³-hybridized carbons (Fsp3) is 0.941. The molecule has 0 aliphatic carbocycles. The lowest BCUT2D eigenvalue weighted by atomic mass is 10.0. The first-order valence-corrected chi connectivity index (χ1v) is 8.55. The van der Waals surface area contributed by atoms with E-state index in [0.717, 1.165) is 19.3 Å². The molecule has 0 fully saturated rings. The minimum Gasteiger partial charge on any atom is -0.444 e. The Morgan fingerprint density at radius 2 is 1.71 bits per heavy atom. The van der Waals surface area contributed by atoms with Gasteiger partial charge in [-0.05, 0) is 40.0 Å². The summed E-state index contributed by atoms with van der Waals surface area (Å²) in [6.07, 6.45) is 6.67. The normalized spacial score (nSPS) is 14.6. The van der Waals surface area contributed by atoms with Crippen molar-refractivity contribution in [2.24, 2.45) is 0 Å². The van der Waals surface area contributed by atoms with Gasteiger partial charge in [-0.3, -0.25) is 0 Å². The van der Waals surface area contributed by atoms with E-state index in [-0.39, 0.29) is 6.09 Å². The Morgan fingerprint density at radius 1 is 1.05 bits per heavy atom. The number of carbonyl (C=O) groups excluding carboxylic acids is 1. The molecule has 1 amide bonds. The summed E-state index contributed by atoms with van der Waals surface area (Å²) in [7, 11) is 0. The third-order valence-corrected chi connectivity index (χ3v) is 3.40. The number of carbonyl (C=O) groups is 1. The molecule has 2 N–H and O–H groups in total. The molecule has 0 aliphatic heterocycles. The number of hydrogen-bond acceptors (Lipinski definition) is 3. The number of amides is 1. The lowest BCUT2D eigenvalue weighted by Crippen LogP contribution is -2.46. The highest BCUT2D eigenvalue weighted by molar-refractivity contribution is 5.67. The number of rotatable bonds is 10. The van der Waals surface area contributed by atoms with Gasteiger partial charge >= 0.3 is 6.09 Å². The lowest BCUT2D eigenvalue weighted by Gasteiger charge is -2.26. The summed E-state index contributed by atoms with van der Waals surface area (Å²) >= 11 is 0. The highest BCUT2D eigenvalue weighted by Crippen LogP contribution is 2.09. The van der Waals surface area contributed by atoms with E-state index in [1.54, 1.807) is 0 Å². The zero-order valence-electron chi connectivity index (χ0n) is 14.9. The smallest absolute Gasteiger partial charge is 0.407 e. The average Bonchev–Trinajstić information content (AvgIpc) is 2.38. The third kappa shape index (κ3) is 11.6. The Kier molecular flexibility index (Phi) is 10.5. The summed E-state index contributed by atoms with van der Waals surface area (Å²) in [5, 5.41) is 6.57. The van der Waals surface area contributed by atoms with Crippen LogP contribution in [0.15, 0.2) is 0 Å². The summed E-state index contributed by atoms with van der Waals surface area (Å²) in [6, 6.07) is 0.867. The Morgan fingerprint density at radius 3 is 2.19 bits per heavy atom. The van der Waals surface area contributed by atoms with E-state index in [4.69, 9.17) is 4.74 Å². The van der Waals surface area contributed by atoms with Gasteiger partial charge in [-0.2, -0.15) is 0 Å². The highest BCUT2D eigenvalue weighted by Gasteiger charge is 2.18. The van der Waals surface area contributed by atoms with Gasteiger partial charge < -0.3 is 15.4 Å². The topological polar surface area (TPSA) is 50.4 Å². The Hall–Kier alpha value is -0.770. The van der Waals surface area contributed by atoms with Crippen molar-refractivity contribution in [2.75, 3.05) is 6.54 Å². The second kappa shape index (κ2) is 10.9. The van der Waals surface area contributed by atoms with Crippen molar-refractivity contribution in [3.8, 4) is 0 Å². The van der Waals surface area contributed by atoms with E-state index < -0.39 is 5.60 Å². The van der Waals surface area contributed by atoms with Gasteiger partial charge in [0.25, 0.3) is 0 Å². The molecule has 21 heavy (non-hydrogen) atoms. The second-order valence-electron chi connectivity index (χ2n) is 6.78. The first-order valence-electron chi connectivity index (χ1n) is 8.55. The zero-order valence-corrected chi connectivity index (χ0v) is 14.9. The molecule has 0 saturated heterocycles. The molecule has 4 nitrogen and oxygen atoms in total. The molecule has 126 valence electrons. The minimum atomic E-state index is -0.440. The van der Waals surface area contributed by atoms with Crippen LogP contribution in [0.5, 0.6) is 0 Å². The van der Waals surface area contributed by atoms with Gasteiger partial charge in [0, 0.05) is 18.6 Å². The van der Waals surface area contributed by atoms with Gasteiger partial charge in [-0.25, -0.2) is 4.79 Å². The molecule has 0 aromatic carbocycles. The van der Waals surface area contributed by atoms with Crippen LogP contribution in [0.1, 0.15) is 80.1 Å². The molecule has 0 heterocycles. The van der Waals surface area contributed by atoms with Crippen LogP contribution in [0.4, 0.5) is 4.79 Å². The van der Waals surface area contributed by atoms with Crippen molar-refractivity contribution in [3.63, 3.8) is 0 Å². The van der Waals surface area contributed by atoms with Gasteiger partial charge in [0.05, 0.1) is 0 Å². The van der Waals surface area contributed by atoms with Gasteiger partial charge in [-0.15, -0.1) is 0 Å². The highest BCUT2D eigenvalue weighted by atomic mass is 16.6. The quantitative estimate of drug-likeness (QED) is 0.634. The predicted octanol–water partition coefficient (Wildman–Crippen LogP) is 4.24. The maximum atomic E-state index is 11.7. The van der Waals surface area contributed by atoms with E-state index in [0.29, 0.717) is 18.6 Å². The molecule has 2 atom stereocenters. The van der Waals surface area contributed by atoms with E-state index in [9.17, 15) is 4.79 Å². The van der Waals surface area contributed by atoms with Crippen LogP contribution in [0.25, 0.3) is 0 Å². The molecule has 0 rings (SSSR count). The van der Waals surface area contributed by atoms with Crippen LogP contribution in [-0.2, 0) is 4.74 Å². The molecule has 0 spiro atoms. The van der Waals surface area contributed by atoms with Crippen LogP contribution in [-0.4, -0.2) is 30.3 Å². The van der Waals surface area contributed by atoms with E-state index in [1.807, 2.05) is 20.8 Å². The number of nitrogens with one attached hydrogen (secondary N) is 2. The Balaban J connectivity index is 4.25. The van der Waals surface area contributed by atoms with E-state index in [2.05, 4.69) is 31.4 Å². The van der Waals surface area contributed by atoms with Gasteiger partial charge in [0.1, 0.15) is 5.60 Å². The largest absolute Gasteiger partial charge is 0.444 e. The van der Waals surface area contributed by atoms with Gasteiger partial charge in [0.2, 0.25) is 0 Å². The summed E-state index contributed by atoms with van der Waals surface area (Å²) in [5.74, 6) is 0. The van der Waals surface area contributed by atoms with Gasteiger partial charge in [0.15, 0.2) is 0 Å². The average molecular weight is 300 g/mol. The van der Waals surface area contributed by atoms with Crippen molar-refractivity contribution < 1.29 is 9.53 Å². The molecule has 0 aromatic rings. The minimum absolute atomic E-state index is 0.323. The monoisotopic (exact) mass is 300 g/mol. The maximum Gasteiger partial charge on any atom is 0.407 e. The van der Waals surface area contributed by atoms with Crippen LogP contribution in [0.3, 0.4) is 0 Å². The first-order chi connectivity index (χ1) is 9.82. The fourth-order valence-electron chi connectivity index (χ4n) is 2.30. The van der Waals surface area contributed by atoms with E-state index in [1.165, 1.54) is 19.3 Å². The number of hydrogen-bond donors (Lipinski definition) is 2. The van der Waals surface area contributed by atoms with Gasteiger partial charge in [-0.1, -0.05) is 40.0 Å². The fourth-order valence-corrected chi connectivity index (χ4v) is 2.30. The summed E-state index contributed by atoms with van der Waals surface area (Å²) in [5.41, 5.74) is -0.440. The molecular weight excluding hydrogens is 264 g/mol. The van der Waals surface area contributed by atoms with Crippen LogP contribution in [0.2, 0.25) is 0 Å². The molecule has 0 saturated carbocycles. The van der Waals surface area contributed by atoms with Crippen molar-refractivity contribution in [3.05, 3.63) is 0 Å². The first kappa shape index (κ1) is 20.2. The molecule has 0 bridgehead atoms. The number of unbranched alkanes of at least 4 members (excludes halogenated alkanes) is 1. The molecule has 0 aromatic heterocycles. The standard InChI is InChI=1S/C17H36N2O2/c1-7-10-12-14(9-3)19-15(11-8-2)13-18-16(20)21-17(4,5)6/h14-15,19H,7-13H2,1-6H3,(H,18,20). The Bertz CT molecular complexity index is 274. The number of alkyl carbamates (subject to hydrolysis) is 1. The maximum absolute atomic E-state index is 11.7. The summed E-state index contributed by atoms with van der Waals surface area (Å²) in [4.78, 5) is 11.7. The molecular formula is C17H36N2O2. The number of ether oxygens (including phenoxy) is 1. The van der Waals surface area contributed by atoms with E-state index >= 15 is 0 Å². The predicted molar refractivity (Wildman–Crippen MR) is 89.7 cm³/mol. The molecule has 0 radical (unpaired) electrons. The SMILES string of the molecule is CCCCC(CC)NC(CCC)CNC(=O)OC(C)(C)C. The van der Waals surface area contributed by atoms with Crippen LogP contribution in [0, 0.1) is 0 Å².